The quantitative estimate of drug-likeness (QED) is 0.782. The predicted molar refractivity (Wildman–Crippen MR) is 91.9 cm³/mol. The number of carbonyl (C=O) groups is 1. The number of benzene rings is 1. The van der Waals surface area contributed by atoms with Crippen molar-refractivity contribution in [2.75, 3.05) is 18.5 Å². The van der Waals surface area contributed by atoms with Crippen molar-refractivity contribution in [2.45, 2.75) is 12.8 Å². The van der Waals surface area contributed by atoms with Crippen molar-refractivity contribution in [1.82, 2.24) is 4.98 Å². The van der Waals surface area contributed by atoms with Crippen LogP contribution in [0.5, 0.6) is 11.5 Å². The highest BCUT2D eigenvalue weighted by atomic mass is 32.1. The number of fused-ring (bicyclic) bond motifs is 2. The van der Waals surface area contributed by atoms with Gasteiger partial charge in [-0.1, -0.05) is 17.4 Å². The minimum Gasteiger partial charge on any atom is -0.486 e. The summed E-state index contributed by atoms with van der Waals surface area (Å²) in [6.07, 6.45) is 1.21. The molecule has 0 saturated heterocycles. The summed E-state index contributed by atoms with van der Waals surface area (Å²) in [5, 5.41) is 5.51. The van der Waals surface area contributed by atoms with E-state index in [0.29, 0.717) is 30.5 Å². The Labute approximate surface area is 140 Å². The zero-order chi connectivity index (χ0) is 15.6. The first-order valence-electron chi connectivity index (χ1n) is 7.30. The molecule has 0 radical (unpaired) electrons. The summed E-state index contributed by atoms with van der Waals surface area (Å²) in [6, 6.07) is 7.82. The van der Waals surface area contributed by atoms with Crippen molar-refractivity contribution in [3.63, 3.8) is 0 Å². The lowest BCUT2D eigenvalue weighted by atomic mass is 10.2. The van der Waals surface area contributed by atoms with Crippen LogP contribution < -0.4 is 14.8 Å². The van der Waals surface area contributed by atoms with Gasteiger partial charge in [-0.3, -0.25) is 4.79 Å². The number of nitrogens with zero attached hydrogens (tertiary/aromatic N) is 1. The van der Waals surface area contributed by atoms with E-state index in [1.165, 1.54) is 16.2 Å². The summed E-state index contributed by atoms with van der Waals surface area (Å²) in [4.78, 5) is 17.7. The van der Waals surface area contributed by atoms with Crippen LogP contribution in [-0.2, 0) is 11.2 Å². The van der Waals surface area contributed by atoms with Gasteiger partial charge < -0.3 is 14.8 Å². The second-order valence-electron chi connectivity index (χ2n) is 5.11. The highest BCUT2D eigenvalue weighted by molar-refractivity contribution is 7.22. The van der Waals surface area contributed by atoms with E-state index in [4.69, 9.17) is 9.47 Å². The van der Waals surface area contributed by atoms with Crippen molar-refractivity contribution in [3.8, 4) is 11.5 Å². The van der Waals surface area contributed by atoms with E-state index in [0.717, 1.165) is 22.4 Å². The summed E-state index contributed by atoms with van der Waals surface area (Å²) in [5.41, 5.74) is 0.813. The first kappa shape index (κ1) is 14.5. The van der Waals surface area contributed by atoms with E-state index in [2.05, 4.69) is 10.3 Å². The molecular formula is C16H14N2O3S2. The third-order valence-corrected chi connectivity index (χ3v) is 5.35. The first-order chi connectivity index (χ1) is 11.3. The van der Waals surface area contributed by atoms with Crippen LogP contribution >= 0.6 is 22.7 Å². The molecule has 4 rings (SSSR count). The minimum atomic E-state index is -0.0188. The van der Waals surface area contributed by atoms with Crippen LogP contribution in [0.15, 0.2) is 29.6 Å². The molecular weight excluding hydrogens is 332 g/mol. The number of aromatic nitrogens is 1. The molecule has 23 heavy (non-hydrogen) atoms. The number of thiophene rings is 1. The molecule has 5 nitrogen and oxygen atoms in total. The number of amides is 1. The molecule has 1 aliphatic heterocycles. The van der Waals surface area contributed by atoms with Gasteiger partial charge in [0.25, 0.3) is 0 Å². The molecule has 3 aromatic rings. The number of ether oxygens (including phenoxy) is 2. The van der Waals surface area contributed by atoms with Crippen LogP contribution in [0.2, 0.25) is 0 Å². The smallest absolute Gasteiger partial charge is 0.226 e. The average molecular weight is 346 g/mol. The minimum absolute atomic E-state index is 0.0188. The molecule has 1 amide bonds. The summed E-state index contributed by atoms with van der Waals surface area (Å²) < 4.78 is 12.1. The Hall–Kier alpha value is -2.12. The van der Waals surface area contributed by atoms with Crippen molar-refractivity contribution >= 4 is 43.9 Å². The third kappa shape index (κ3) is 3.16. The largest absolute Gasteiger partial charge is 0.486 e. The van der Waals surface area contributed by atoms with Gasteiger partial charge in [0, 0.05) is 23.4 Å². The first-order valence-corrected chi connectivity index (χ1v) is 9.00. The van der Waals surface area contributed by atoms with Crippen molar-refractivity contribution < 1.29 is 14.3 Å². The molecule has 7 heteroatoms. The van der Waals surface area contributed by atoms with Crippen LogP contribution in [0, 0.1) is 0 Å². The van der Waals surface area contributed by atoms with Gasteiger partial charge in [0.2, 0.25) is 5.91 Å². The lowest BCUT2D eigenvalue weighted by Gasteiger charge is -2.17. The lowest BCUT2D eigenvalue weighted by Crippen LogP contribution is -2.15. The number of anilines is 1. The molecule has 1 aromatic carbocycles. The summed E-state index contributed by atoms with van der Waals surface area (Å²) >= 11 is 3.11. The third-order valence-electron chi connectivity index (χ3n) is 3.48. The molecule has 0 spiro atoms. The molecule has 0 bridgehead atoms. The standard InChI is InChI=1S/C16H14N2O3S2/c19-15(4-3-10-2-1-7-22-10)18-16-17-11-8-12-13(9-14(11)23-16)21-6-5-20-12/h1-2,7-9H,3-6H2,(H,17,18,19). The van der Waals surface area contributed by atoms with Crippen LogP contribution in [0.4, 0.5) is 5.13 Å². The Kier molecular flexibility index (Phi) is 3.88. The van der Waals surface area contributed by atoms with Gasteiger partial charge in [-0.25, -0.2) is 4.98 Å². The van der Waals surface area contributed by atoms with Crippen LogP contribution in [-0.4, -0.2) is 24.1 Å². The Morgan fingerprint density at radius 1 is 1.26 bits per heavy atom. The maximum Gasteiger partial charge on any atom is 0.226 e. The van der Waals surface area contributed by atoms with E-state index in [-0.39, 0.29) is 5.91 Å². The second-order valence-corrected chi connectivity index (χ2v) is 7.17. The van der Waals surface area contributed by atoms with Crippen LogP contribution in [0.3, 0.4) is 0 Å². The molecule has 0 aliphatic carbocycles. The van der Waals surface area contributed by atoms with Crippen molar-refractivity contribution in [2.24, 2.45) is 0 Å². The second kappa shape index (κ2) is 6.17. The van der Waals surface area contributed by atoms with Gasteiger partial charge in [0.15, 0.2) is 16.6 Å². The maximum atomic E-state index is 12.1. The monoisotopic (exact) mass is 346 g/mol. The summed E-state index contributed by atoms with van der Waals surface area (Å²) in [6.45, 7) is 1.11. The zero-order valence-corrected chi connectivity index (χ0v) is 13.8. The fraction of sp³-hybridized carbons (Fsp3) is 0.250. The average Bonchev–Trinajstić information content (AvgIpc) is 3.19. The van der Waals surface area contributed by atoms with Crippen LogP contribution in [0.25, 0.3) is 10.2 Å². The highest BCUT2D eigenvalue weighted by Crippen LogP contribution is 2.37. The molecule has 1 N–H and O–H groups in total. The molecule has 2 aromatic heterocycles. The number of hydrogen-bond donors (Lipinski definition) is 1. The predicted octanol–water partition coefficient (Wildman–Crippen LogP) is 3.70. The summed E-state index contributed by atoms with van der Waals surface area (Å²) in [7, 11) is 0. The van der Waals surface area contributed by atoms with Gasteiger partial charge >= 0.3 is 0 Å². The van der Waals surface area contributed by atoms with Gasteiger partial charge in [0.1, 0.15) is 13.2 Å². The topological polar surface area (TPSA) is 60.5 Å². The van der Waals surface area contributed by atoms with E-state index in [1.54, 1.807) is 11.3 Å². The SMILES string of the molecule is O=C(CCc1cccs1)Nc1nc2cc3c(cc2s1)OCCO3. The molecule has 0 atom stereocenters. The van der Waals surface area contributed by atoms with Crippen molar-refractivity contribution in [1.29, 1.82) is 0 Å². The Bertz CT molecular complexity index is 800. The lowest BCUT2D eigenvalue weighted by molar-refractivity contribution is -0.116. The highest BCUT2D eigenvalue weighted by Gasteiger charge is 2.16. The molecule has 0 unspecified atom stereocenters. The number of rotatable bonds is 4. The number of thiazole rings is 1. The Morgan fingerprint density at radius 3 is 2.87 bits per heavy atom. The van der Waals surface area contributed by atoms with E-state index < -0.39 is 0 Å². The van der Waals surface area contributed by atoms with Crippen molar-refractivity contribution in [3.05, 3.63) is 34.5 Å². The molecule has 3 heterocycles. The van der Waals surface area contributed by atoms with Crippen LogP contribution in [0.1, 0.15) is 11.3 Å². The fourth-order valence-corrected chi connectivity index (χ4v) is 3.99. The van der Waals surface area contributed by atoms with E-state index in [1.807, 2.05) is 29.6 Å². The number of nitrogens with one attached hydrogen (secondary N) is 1. The Balaban J connectivity index is 1.47. The molecule has 0 fully saturated rings. The van der Waals surface area contributed by atoms with Gasteiger partial charge in [0.05, 0.1) is 10.2 Å². The summed E-state index contributed by atoms with van der Waals surface area (Å²) in [5.74, 6) is 1.43. The van der Waals surface area contributed by atoms with E-state index >= 15 is 0 Å². The number of carbonyl (C=O) groups excluding carboxylic acids is 1. The van der Waals surface area contributed by atoms with Gasteiger partial charge in [-0.05, 0) is 17.9 Å². The Morgan fingerprint density at radius 2 is 2.09 bits per heavy atom. The van der Waals surface area contributed by atoms with Gasteiger partial charge in [-0.2, -0.15) is 0 Å². The molecule has 118 valence electrons. The fourth-order valence-electron chi connectivity index (χ4n) is 2.39. The normalized spacial score (nSPS) is 13.2. The van der Waals surface area contributed by atoms with Gasteiger partial charge in [-0.15, -0.1) is 11.3 Å². The number of aryl methyl sites for hydroxylation is 1. The van der Waals surface area contributed by atoms with E-state index in [9.17, 15) is 4.79 Å². The molecule has 0 saturated carbocycles. The molecule has 1 aliphatic rings. The maximum absolute atomic E-state index is 12.1. The number of hydrogen-bond acceptors (Lipinski definition) is 6. The zero-order valence-electron chi connectivity index (χ0n) is 12.2.